The first-order valence-corrected chi connectivity index (χ1v) is 4.32. The monoisotopic (exact) mass is 237 g/mol. The molecule has 1 aromatic rings. The molecule has 0 aliphatic carbocycles. The molecule has 0 radical (unpaired) electrons. The van der Waals surface area contributed by atoms with Crippen LogP contribution in [-0.2, 0) is 4.79 Å². The second-order valence-electron chi connectivity index (χ2n) is 2.60. The number of nitrogens with two attached hydrogens (primary N) is 1. The molecule has 1 aromatic carbocycles. The Kier molecular flexibility index (Phi) is 3.31. The van der Waals surface area contributed by atoms with Crippen LogP contribution in [0.5, 0.6) is 0 Å². The fraction of sp³-hybridized carbons (Fsp3) is 0.125. The maximum Gasteiger partial charge on any atom is 0.325 e. The van der Waals surface area contributed by atoms with Gasteiger partial charge in [-0.05, 0) is 12.1 Å². The molecule has 0 aliphatic rings. The van der Waals surface area contributed by atoms with Crippen molar-refractivity contribution in [2.24, 2.45) is 5.73 Å². The van der Waals surface area contributed by atoms with E-state index in [1.165, 1.54) is 0 Å². The normalized spacial score (nSPS) is 12.6. The van der Waals surface area contributed by atoms with Gasteiger partial charge in [-0.15, -0.1) is 0 Å². The lowest BCUT2D eigenvalue weighted by atomic mass is 10.1. The molecular weight excluding hydrogens is 232 g/mol. The molecule has 1 unspecified atom stereocenters. The van der Waals surface area contributed by atoms with Gasteiger partial charge in [0, 0.05) is 10.6 Å². The first kappa shape index (κ1) is 11.2. The second-order valence-corrected chi connectivity index (χ2v) is 3.42. The van der Waals surface area contributed by atoms with Gasteiger partial charge in [0.2, 0.25) is 0 Å². The highest BCUT2D eigenvalue weighted by Crippen LogP contribution is 2.27. The van der Waals surface area contributed by atoms with Crippen molar-refractivity contribution in [2.75, 3.05) is 0 Å². The maximum atomic E-state index is 12.8. The SMILES string of the molecule is NC(C(=O)O)c1cc(Cl)c(F)cc1Cl. The Morgan fingerprint density at radius 1 is 1.43 bits per heavy atom. The van der Waals surface area contributed by atoms with Crippen molar-refractivity contribution >= 4 is 29.2 Å². The number of carbonyl (C=O) groups is 1. The van der Waals surface area contributed by atoms with Gasteiger partial charge in [-0.3, -0.25) is 4.79 Å². The van der Waals surface area contributed by atoms with Crippen LogP contribution in [0.1, 0.15) is 11.6 Å². The number of halogens is 3. The Labute approximate surface area is 89.2 Å². The van der Waals surface area contributed by atoms with Crippen molar-refractivity contribution in [3.8, 4) is 0 Å². The first-order chi connectivity index (χ1) is 6.43. The molecular formula is C8H6Cl2FNO2. The number of hydrogen-bond acceptors (Lipinski definition) is 2. The predicted octanol–water partition coefficient (Wildman–Crippen LogP) is 2.22. The van der Waals surface area contributed by atoms with Gasteiger partial charge in [0.1, 0.15) is 11.9 Å². The molecule has 76 valence electrons. The van der Waals surface area contributed by atoms with E-state index in [0.717, 1.165) is 12.1 Å². The summed E-state index contributed by atoms with van der Waals surface area (Å²) in [5.41, 5.74) is 5.38. The lowest BCUT2D eigenvalue weighted by Crippen LogP contribution is -2.21. The van der Waals surface area contributed by atoms with Crippen LogP contribution in [0.4, 0.5) is 4.39 Å². The molecule has 6 heteroatoms. The standard InChI is InChI=1S/C8H6Cl2FNO2/c9-4-2-6(11)5(10)1-3(4)7(12)8(13)14/h1-2,7H,12H2,(H,13,14). The number of carboxylic acids is 1. The summed E-state index contributed by atoms with van der Waals surface area (Å²) in [6.07, 6.45) is 0. The van der Waals surface area contributed by atoms with Gasteiger partial charge < -0.3 is 10.8 Å². The average Bonchev–Trinajstić information content (AvgIpc) is 2.10. The zero-order chi connectivity index (χ0) is 10.9. The molecule has 3 N–H and O–H groups in total. The molecule has 0 spiro atoms. The smallest absolute Gasteiger partial charge is 0.325 e. The van der Waals surface area contributed by atoms with Crippen LogP contribution in [-0.4, -0.2) is 11.1 Å². The lowest BCUT2D eigenvalue weighted by Gasteiger charge is -2.09. The molecule has 0 aliphatic heterocycles. The predicted molar refractivity (Wildman–Crippen MR) is 51.0 cm³/mol. The molecule has 0 bridgehead atoms. The maximum absolute atomic E-state index is 12.8. The summed E-state index contributed by atoms with van der Waals surface area (Å²) in [6.45, 7) is 0. The Balaban J connectivity index is 3.22. The number of rotatable bonds is 2. The average molecular weight is 238 g/mol. The van der Waals surface area contributed by atoms with Gasteiger partial charge in [-0.25, -0.2) is 4.39 Å². The number of carboxylic acid groups (broad SMARTS) is 1. The van der Waals surface area contributed by atoms with Crippen LogP contribution in [0.15, 0.2) is 12.1 Å². The van der Waals surface area contributed by atoms with Crippen molar-refractivity contribution in [1.29, 1.82) is 0 Å². The van der Waals surface area contributed by atoms with Crippen molar-refractivity contribution in [2.45, 2.75) is 6.04 Å². The quantitative estimate of drug-likeness (QED) is 0.776. The summed E-state index contributed by atoms with van der Waals surface area (Å²) >= 11 is 11.1. The molecule has 14 heavy (non-hydrogen) atoms. The van der Waals surface area contributed by atoms with Crippen molar-refractivity contribution in [1.82, 2.24) is 0 Å². The minimum absolute atomic E-state index is 0.0539. The van der Waals surface area contributed by atoms with Crippen LogP contribution in [0.3, 0.4) is 0 Å². The third-order valence-electron chi connectivity index (χ3n) is 1.64. The van der Waals surface area contributed by atoms with Crippen molar-refractivity contribution in [3.63, 3.8) is 0 Å². The Hall–Kier alpha value is -0.840. The summed E-state index contributed by atoms with van der Waals surface area (Å²) in [6, 6.07) is 0.737. The van der Waals surface area contributed by atoms with Crippen LogP contribution >= 0.6 is 23.2 Å². The van der Waals surface area contributed by atoms with E-state index in [1.807, 2.05) is 0 Å². The molecule has 1 atom stereocenters. The molecule has 0 aromatic heterocycles. The van der Waals surface area contributed by atoms with Crippen molar-refractivity contribution < 1.29 is 14.3 Å². The summed E-state index contributed by atoms with van der Waals surface area (Å²) in [4.78, 5) is 10.5. The Morgan fingerprint density at radius 3 is 2.50 bits per heavy atom. The summed E-state index contributed by atoms with van der Waals surface area (Å²) in [5, 5.41) is 8.34. The van der Waals surface area contributed by atoms with Gasteiger partial charge in [-0.2, -0.15) is 0 Å². The summed E-state index contributed by atoms with van der Waals surface area (Å²) in [5.74, 6) is -1.97. The molecule has 0 saturated carbocycles. The van der Waals surface area contributed by atoms with Gasteiger partial charge in [0.15, 0.2) is 0 Å². The van der Waals surface area contributed by atoms with E-state index >= 15 is 0 Å². The second kappa shape index (κ2) is 4.13. The minimum atomic E-state index is -1.31. The fourth-order valence-electron chi connectivity index (χ4n) is 0.909. The molecule has 1 rings (SSSR count). The van der Waals surface area contributed by atoms with Crippen LogP contribution in [0.25, 0.3) is 0 Å². The van der Waals surface area contributed by atoms with E-state index in [9.17, 15) is 9.18 Å². The first-order valence-electron chi connectivity index (χ1n) is 3.56. The topological polar surface area (TPSA) is 63.3 Å². The van der Waals surface area contributed by atoms with E-state index in [2.05, 4.69) is 0 Å². The lowest BCUT2D eigenvalue weighted by molar-refractivity contribution is -0.138. The third-order valence-corrected chi connectivity index (χ3v) is 2.26. The molecule has 0 saturated heterocycles. The largest absolute Gasteiger partial charge is 0.480 e. The molecule has 0 heterocycles. The highest BCUT2D eigenvalue weighted by atomic mass is 35.5. The zero-order valence-corrected chi connectivity index (χ0v) is 8.31. The zero-order valence-electron chi connectivity index (χ0n) is 6.80. The summed E-state index contributed by atoms with van der Waals surface area (Å²) in [7, 11) is 0. The third kappa shape index (κ3) is 2.15. The number of hydrogen-bond donors (Lipinski definition) is 2. The Bertz CT molecular complexity index is 384. The molecule has 0 amide bonds. The number of aliphatic carboxylic acids is 1. The van der Waals surface area contributed by atoms with Crippen molar-refractivity contribution in [3.05, 3.63) is 33.6 Å². The highest BCUT2D eigenvalue weighted by Gasteiger charge is 2.19. The van der Waals surface area contributed by atoms with Gasteiger partial charge in [0.25, 0.3) is 0 Å². The van der Waals surface area contributed by atoms with Crippen LogP contribution < -0.4 is 5.73 Å². The molecule has 3 nitrogen and oxygen atoms in total. The van der Waals surface area contributed by atoms with Crippen LogP contribution in [0, 0.1) is 5.82 Å². The van der Waals surface area contributed by atoms with E-state index in [4.69, 9.17) is 34.0 Å². The van der Waals surface area contributed by atoms with E-state index < -0.39 is 17.8 Å². The van der Waals surface area contributed by atoms with Gasteiger partial charge in [-0.1, -0.05) is 23.2 Å². The molecule has 0 fully saturated rings. The van der Waals surface area contributed by atoms with E-state index in [-0.39, 0.29) is 15.6 Å². The van der Waals surface area contributed by atoms with Gasteiger partial charge >= 0.3 is 5.97 Å². The van der Waals surface area contributed by atoms with E-state index in [0.29, 0.717) is 0 Å². The minimum Gasteiger partial charge on any atom is -0.480 e. The van der Waals surface area contributed by atoms with Crippen LogP contribution in [0.2, 0.25) is 10.0 Å². The Morgan fingerprint density at radius 2 is 2.00 bits per heavy atom. The van der Waals surface area contributed by atoms with Gasteiger partial charge in [0.05, 0.1) is 5.02 Å². The fourth-order valence-corrected chi connectivity index (χ4v) is 1.35. The highest BCUT2D eigenvalue weighted by molar-refractivity contribution is 6.33. The van der Waals surface area contributed by atoms with E-state index in [1.54, 1.807) is 0 Å². The number of benzene rings is 1. The summed E-state index contributed by atoms with van der Waals surface area (Å²) < 4.78 is 12.8.